The first-order chi connectivity index (χ1) is 26.4. The van der Waals surface area contributed by atoms with Crippen molar-refractivity contribution in [3.63, 3.8) is 0 Å². The van der Waals surface area contributed by atoms with Gasteiger partial charge in [-0.3, -0.25) is 14.4 Å². The van der Waals surface area contributed by atoms with Crippen LogP contribution in [0.3, 0.4) is 0 Å². The molecular formula is C38H56N6O11. The van der Waals surface area contributed by atoms with E-state index < -0.39 is 66.8 Å². The Morgan fingerprint density at radius 1 is 0.964 bits per heavy atom. The first-order valence-electron chi connectivity index (χ1n) is 19.4. The maximum atomic E-state index is 13.4. The van der Waals surface area contributed by atoms with E-state index in [-0.39, 0.29) is 56.4 Å². The SMILES string of the molecule is Cc1cc2cc(C)c1OCCCNC(=O)CCOCCCC[C@]1(C(=O)O)C[C@H](O)C(NC(=O)Cn3cc(C4CCCCC4)nn3)C(O1)[C@H](O)C(O)CNC2=O. The van der Waals surface area contributed by atoms with Crippen LogP contribution >= 0.6 is 0 Å². The molecule has 17 heteroatoms. The summed E-state index contributed by atoms with van der Waals surface area (Å²) in [7, 11) is 0. The van der Waals surface area contributed by atoms with Gasteiger partial charge in [0.05, 0.1) is 37.2 Å². The van der Waals surface area contributed by atoms with E-state index >= 15 is 0 Å². The number of carboxylic acid groups (broad SMARTS) is 1. The predicted molar refractivity (Wildman–Crippen MR) is 196 cm³/mol. The molecule has 1 aromatic heterocycles. The molecule has 0 spiro atoms. The van der Waals surface area contributed by atoms with Gasteiger partial charge in [-0.25, -0.2) is 9.48 Å². The summed E-state index contributed by atoms with van der Waals surface area (Å²) in [5, 5.41) is 61.1. The first kappa shape index (κ1) is 42.0. The second-order valence-corrected chi connectivity index (χ2v) is 15.0. The number of aliphatic hydroxyl groups excluding tert-OH is 3. The van der Waals surface area contributed by atoms with Gasteiger partial charge in [0.25, 0.3) is 5.91 Å². The average Bonchev–Trinajstić information content (AvgIpc) is 3.62. The number of benzene rings is 1. The summed E-state index contributed by atoms with van der Waals surface area (Å²) in [4.78, 5) is 51.7. The molecular weight excluding hydrogens is 716 g/mol. The maximum Gasteiger partial charge on any atom is 0.336 e. The van der Waals surface area contributed by atoms with Gasteiger partial charge < -0.3 is 50.6 Å². The van der Waals surface area contributed by atoms with Gasteiger partial charge in [0.15, 0.2) is 5.60 Å². The van der Waals surface area contributed by atoms with Crippen molar-refractivity contribution in [1.29, 1.82) is 0 Å². The molecule has 6 rings (SSSR count). The Kier molecular flexibility index (Phi) is 15.0. The molecule has 55 heavy (non-hydrogen) atoms. The van der Waals surface area contributed by atoms with Crippen LogP contribution in [0.5, 0.6) is 5.75 Å². The minimum absolute atomic E-state index is 0.0837. The molecule has 2 fully saturated rings. The van der Waals surface area contributed by atoms with Gasteiger partial charge in [0.1, 0.15) is 24.5 Å². The monoisotopic (exact) mass is 772 g/mol. The zero-order valence-electron chi connectivity index (χ0n) is 31.7. The number of carbonyl (C=O) groups is 4. The van der Waals surface area contributed by atoms with E-state index in [0.29, 0.717) is 42.9 Å². The van der Waals surface area contributed by atoms with Gasteiger partial charge in [0.2, 0.25) is 11.8 Å². The lowest BCUT2D eigenvalue weighted by Gasteiger charge is -2.47. The molecule has 3 unspecified atom stereocenters. The second kappa shape index (κ2) is 19.6. The van der Waals surface area contributed by atoms with Crippen molar-refractivity contribution in [2.24, 2.45) is 0 Å². The quantitative estimate of drug-likeness (QED) is 0.225. The van der Waals surface area contributed by atoms with Crippen LogP contribution in [0.2, 0.25) is 0 Å². The summed E-state index contributed by atoms with van der Waals surface area (Å²) < 4.78 is 19.1. The molecule has 0 radical (unpaired) electrons. The number of hydrogen-bond donors (Lipinski definition) is 7. The van der Waals surface area contributed by atoms with Crippen molar-refractivity contribution < 1.29 is 53.8 Å². The third-order valence-corrected chi connectivity index (χ3v) is 10.7. The standard InChI is InChI=1S/C38H56N6O11/c1-23-17-26-18-24(2)34(23)54-15-8-13-39-30(47)11-16-53-14-7-6-12-38(37(51)52)19-28(45)32(35(55-38)33(49)29(46)20-40-36(26)50)41-31(48)22-44-21-27(42-43-44)25-9-4-3-5-10-25/h17-18,21,25,28-29,32-33,35,45-46,49H,3-16,19-20,22H2,1-2H3,(H,39,47)(H,40,50)(H,41,48)(H,51,52)/t28-,29?,32?,33+,35?,38+/m0/s1. The molecule has 6 atom stereocenters. The van der Waals surface area contributed by atoms with Crippen LogP contribution in [-0.2, 0) is 30.4 Å². The third-order valence-electron chi connectivity index (χ3n) is 10.7. The van der Waals surface area contributed by atoms with Crippen LogP contribution < -0.4 is 20.7 Å². The normalized spacial score (nSPS) is 28.5. The number of hydrogen-bond acceptors (Lipinski definition) is 12. The Bertz CT molecular complexity index is 1610. The predicted octanol–water partition coefficient (Wildman–Crippen LogP) is 1.03. The van der Waals surface area contributed by atoms with Crippen LogP contribution in [0.15, 0.2) is 18.3 Å². The number of nitrogens with zero attached hydrogens (tertiary/aromatic N) is 3. The van der Waals surface area contributed by atoms with Crippen LogP contribution in [-0.4, -0.2) is 128 Å². The van der Waals surface area contributed by atoms with Crippen molar-refractivity contribution in [3.05, 3.63) is 40.7 Å². The maximum absolute atomic E-state index is 13.4. The van der Waals surface area contributed by atoms with E-state index in [1.807, 2.05) is 0 Å². The molecule has 4 bridgehead atoms. The summed E-state index contributed by atoms with van der Waals surface area (Å²) in [6.07, 6.45) is 1.33. The van der Waals surface area contributed by atoms with Gasteiger partial charge in [-0.15, -0.1) is 5.10 Å². The second-order valence-electron chi connectivity index (χ2n) is 15.0. The Labute approximate surface area is 320 Å². The molecule has 4 heterocycles. The third kappa shape index (κ3) is 11.2. The smallest absolute Gasteiger partial charge is 0.336 e. The number of ether oxygens (including phenoxy) is 3. The number of nitrogens with one attached hydrogen (secondary N) is 3. The lowest BCUT2D eigenvalue weighted by Crippen LogP contribution is -2.67. The molecule has 304 valence electrons. The topological polar surface area (TPSA) is 244 Å². The number of aromatic nitrogens is 3. The molecule has 1 saturated carbocycles. The summed E-state index contributed by atoms with van der Waals surface area (Å²) in [5.74, 6) is -1.84. The Hall–Kier alpha value is -4.16. The van der Waals surface area contributed by atoms with Crippen molar-refractivity contribution >= 4 is 23.7 Å². The number of carboxylic acids is 1. The van der Waals surface area contributed by atoms with Crippen LogP contribution in [0.1, 0.15) is 104 Å². The minimum Gasteiger partial charge on any atom is -0.493 e. The van der Waals surface area contributed by atoms with E-state index in [4.69, 9.17) is 14.2 Å². The van der Waals surface area contributed by atoms with Crippen LogP contribution in [0, 0.1) is 13.8 Å². The van der Waals surface area contributed by atoms with Gasteiger partial charge in [-0.2, -0.15) is 0 Å². The molecule has 1 aromatic carbocycles. The molecule has 1 saturated heterocycles. The van der Waals surface area contributed by atoms with E-state index in [1.54, 1.807) is 32.2 Å². The highest BCUT2D eigenvalue weighted by molar-refractivity contribution is 5.95. The number of aryl methyl sites for hydroxylation is 2. The summed E-state index contributed by atoms with van der Waals surface area (Å²) in [5.41, 5.74) is 0.487. The minimum atomic E-state index is -1.99. The number of aliphatic hydroxyl groups is 3. The lowest BCUT2D eigenvalue weighted by atomic mass is 9.81. The van der Waals surface area contributed by atoms with Crippen LogP contribution in [0.4, 0.5) is 0 Å². The number of amides is 3. The molecule has 2 aromatic rings. The zero-order valence-corrected chi connectivity index (χ0v) is 31.7. The highest BCUT2D eigenvalue weighted by Gasteiger charge is 2.54. The highest BCUT2D eigenvalue weighted by Crippen LogP contribution is 2.36. The van der Waals surface area contributed by atoms with E-state index in [0.717, 1.165) is 31.4 Å². The number of aliphatic carboxylic acids is 1. The largest absolute Gasteiger partial charge is 0.493 e. The van der Waals surface area contributed by atoms with Crippen molar-refractivity contribution in [3.8, 4) is 5.75 Å². The molecule has 3 aliphatic heterocycles. The van der Waals surface area contributed by atoms with Gasteiger partial charge in [0, 0.05) is 50.2 Å². The molecule has 17 nitrogen and oxygen atoms in total. The van der Waals surface area contributed by atoms with Gasteiger partial charge in [-0.1, -0.05) is 24.5 Å². The Morgan fingerprint density at radius 3 is 2.44 bits per heavy atom. The molecule has 3 amide bonds. The van der Waals surface area contributed by atoms with E-state index in [9.17, 15) is 39.6 Å². The average molecular weight is 773 g/mol. The van der Waals surface area contributed by atoms with Crippen LogP contribution in [0.25, 0.3) is 0 Å². The summed E-state index contributed by atoms with van der Waals surface area (Å²) >= 11 is 0. The molecule has 1 aliphatic carbocycles. The fraction of sp³-hybridized carbons (Fsp3) is 0.684. The van der Waals surface area contributed by atoms with Crippen molar-refractivity contribution in [1.82, 2.24) is 30.9 Å². The number of rotatable bonds is 5. The zero-order chi connectivity index (χ0) is 39.5. The number of fused-ring (bicyclic) bond motifs is 18. The fourth-order valence-electron chi connectivity index (χ4n) is 7.68. The van der Waals surface area contributed by atoms with E-state index in [2.05, 4.69) is 26.3 Å². The summed E-state index contributed by atoms with van der Waals surface area (Å²) in [6.45, 7) is 4.01. The van der Waals surface area contributed by atoms with Gasteiger partial charge in [-0.05, 0) is 75.6 Å². The lowest BCUT2D eigenvalue weighted by molar-refractivity contribution is -0.229. The molecule has 4 aliphatic rings. The van der Waals surface area contributed by atoms with Gasteiger partial charge >= 0.3 is 5.97 Å². The van der Waals surface area contributed by atoms with Crippen molar-refractivity contribution in [2.75, 3.05) is 32.9 Å². The summed E-state index contributed by atoms with van der Waals surface area (Å²) in [6, 6.07) is 1.92. The first-order valence-corrected chi connectivity index (χ1v) is 19.4. The fourth-order valence-corrected chi connectivity index (χ4v) is 7.68. The highest BCUT2D eigenvalue weighted by atomic mass is 16.6. The number of carbonyl (C=O) groups excluding carboxylic acids is 3. The molecule has 7 N–H and O–H groups in total. The Balaban J connectivity index is 1.34. The van der Waals surface area contributed by atoms with E-state index in [1.165, 1.54) is 11.1 Å². The Morgan fingerprint density at radius 2 is 1.71 bits per heavy atom. The van der Waals surface area contributed by atoms with Crippen molar-refractivity contribution in [2.45, 2.75) is 133 Å².